The van der Waals surface area contributed by atoms with Crippen LogP contribution in [0.4, 0.5) is 0 Å². The van der Waals surface area contributed by atoms with Crippen LogP contribution in [-0.2, 0) is 4.79 Å². The third kappa shape index (κ3) is 15.6. The van der Waals surface area contributed by atoms with Crippen molar-refractivity contribution in [2.75, 3.05) is 0 Å². The quantitative estimate of drug-likeness (QED) is 0.284. The number of aliphatic hydroxyl groups is 3. The second-order valence-corrected chi connectivity index (χ2v) is 5.95. The minimum Gasteiger partial charge on any atom is -0.481 e. The molecule has 0 fully saturated rings. The Morgan fingerprint density at radius 2 is 1.44 bits per heavy atom. The van der Waals surface area contributed by atoms with Crippen LogP contribution in [0.2, 0.25) is 0 Å². The van der Waals surface area contributed by atoms with Gasteiger partial charge in [-0.15, -0.1) is 0 Å². The van der Waals surface area contributed by atoms with Gasteiger partial charge in [-0.1, -0.05) is 74.8 Å². The van der Waals surface area contributed by atoms with Gasteiger partial charge in [0.2, 0.25) is 0 Å². The summed E-state index contributed by atoms with van der Waals surface area (Å²) in [7, 11) is 0. The summed E-state index contributed by atoms with van der Waals surface area (Å²) >= 11 is 0. The number of carboxylic acid groups (broad SMARTS) is 1. The van der Waals surface area contributed by atoms with Crippen molar-refractivity contribution in [2.45, 2.75) is 70.2 Å². The molecule has 0 aromatic heterocycles. The average Bonchev–Trinajstić information content (AvgIpc) is 2.56. The van der Waals surface area contributed by atoms with E-state index in [9.17, 15) is 20.1 Å². The van der Waals surface area contributed by atoms with Crippen LogP contribution in [0.25, 0.3) is 0 Å². The van der Waals surface area contributed by atoms with E-state index in [1.54, 1.807) is 36.5 Å². The molecule has 5 nitrogen and oxygen atoms in total. The zero-order valence-corrected chi connectivity index (χ0v) is 15.0. The molecule has 0 bridgehead atoms. The fraction of sp³-hybridized carbons (Fsp3) is 0.550. The molecular weight excluding hydrogens is 320 g/mol. The number of aliphatic carboxylic acids is 1. The molecular formula is C20H32O5. The van der Waals surface area contributed by atoms with Gasteiger partial charge in [-0.3, -0.25) is 4.79 Å². The third-order valence-electron chi connectivity index (χ3n) is 3.59. The zero-order valence-electron chi connectivity index (χ0n) is 15.0. The number of carboxylic acids is 1. The normalized spacial score (nSPS) is 16.3. The first-order chi connectivity index (χ1) is 12.0. The van der Waals surface area contributed by atoms with Crippen LogP contribution in [0.1, 0.15) is 51.9 Å². The molecule has 0 saturated carbocycles. The van der Waals surface area contributed by atoms with Gasteiger partial charge in [0.05, 0.1) is 18.3 Å². The fourth-order valence-electron chi connectivity index (χ4n) is 2.09. The lowest BCUT2D eigenvalue weighted by molar-refractivity contribution is -0.137. The summed E-state index contributed by atoms with van der Waals surface area (Å²) < 4.78 is 0. The molecule has 3 atom stereocenters. The predicted molar refractivity (Wildman–Crippen MR) is 100 cm³/mol. The highest BCUT2D eigenvalue weighted by molar-refractivity contribution is 5.66. The van der Waals surface area contributed by atoms with Crippen molar-refractivity contribution in [1.29, 1.82) is 0 Å². The Labute approximate surface area is 150 Å². The van der Waals surface area contributed by atoms with Crippen molar-refractivity contribution in [1.82, 2.24) is 0 Å². The number of allylic oxidation sites excluding steroid dienone is 6. The van der Waals surface area contributed by atoms with Crippen molar-refractivity contribution in [2.24, 2.45) is 0 Å². The molecule has 25 heavy (non-hydrogen) atoms. The minimum atomic E-state index is -1.01. The first-order valence-electron chi connectivity index (χ1n) is 8.91. The molecule has 0 aliphatic carbocycles. The Bertz CT molecular complexity index is 451. The van der Waals surface area contributed by atoms with Crippen LogP contribution in [-0.4, -0.2) is 44.7 Å². The first kappa shape index (κ1) is 23.3. The summed E-state index contributed by atoms with van der Waals surface area (Å²) in [6.45, 7) is 2.13. The van der Waals surface area contributed by atoms with Crippen LogP contribution >= 0.6 is 0 Å². The fourth-order valence-corrected chi connectivity index (χ4v) is 2.09. The van der Waals surface area contributed by atoms with Gasteiger partial charge in [0.15, 0.2) is 0 Å². The highest BCUT2D eigenvalue weighted by atomic mass is 16.4. The standard InChI is InChI=1S/C20H32O5/c1-2-3-8-12-17(21)13-9-6-4-5-7-10-14-18(22)19(23)15-11-16-20(24)25/h4-7,9-10,13-14,17-19,21-23H,2-3,8,11-12,15-16H2,1H3,(H,24,25)/b6-4+,7-5-,13-9-,14-10-/t17-,18-,19?/m1/s1. The molecule has 0 aliphatic heterocycles. The van der Waals surface area contributed by atoms with E-state index < -0.39 is 24.3 Å². The molecule has 0 amide bonds. The van der Waals surface area contributed by atoms with Crippen LogP contribution in [0.15, 0.2) is 48.6 Å². The maximum absolute atomic E-state index is 10.4. The van der Waals surface area contributed by atoms with Crippen molar-refractivity contribution < 1.29 is 25.2 Å². The number of carbonyl (C=O) groups is 1. The zero-order chi connectivity index (χ0) is 18.9. The van der Waals surface area contributed by atoms with Crippen molar-refractivity contribution in [3.05, 3.63) is 48.6 Å². The van der Waals surface area contributed by atoms with E-state index in [2.05, 4.69) is 6.92 Å². The molecule has 0 saturated heterocycles. The number of aliphatic hydroxyl groups excluding tert-OH is 3. The van der Waals surface area contributed by atoms with Gasteiger partial charge in [0.1, 0.15) is 0 Å². The molecule has 0 aliphatic rings. The topological polar surface area (TPSA) is 98.0 Å². The second-order valence-electron chi connectivity index (χ2n) is 5.95. The monoisotopic (exact) mass is 352 g/mol. The lowest BCUT2D eigenvalue weighted by atomic mass is 10.1. The van der Waals surface area contributed by atoms with Gasteiger partial charge in [0, 0.05) is 6.42 Å². The van der Waals surface area contributed by atoms with Gasteiger partial charge in [-0.05, 0) is 19.3 Å². The highest BCUT2D eigenvalue weighted by Crippen LogP contribution is 2.06. The molecule has 0 radical (unpaired) electrons. The minimum absolute atomic E-state index is 0.0149. The van der Waals surface area contributed by atoms with E-state index in [0.717, 1.165) is 25.7 Å². The first-order valence-corrected chi connectivity index (χ1v) is 8.91. The second kappa shape index (κ2) is 15.8. The largest absolute Gasteiger partial charge is 0.481 e. The molecule has 0 rings (SSSR count). The lowest BCUT2D eigenvalue weighted by Crippen LogP contribution is -2.23. The summed E-state index contributed by atoms with van der Waals surface area (Å²) in [6.07, 6.45) is 16.0. The van der Waals surface area contributed by atoms with Gasteiger partial charge in [-0.2, -0.15) is 0 Å². The Morgan fingerprint density at radius 1 is 0.840 bits per heavy atom. The SMILES string of the molecule is CCCCC[C@@H](O)\C=C/C=C/C=C\C=C/[C@@H](O)C(O)CCCC(=O)O. The van der Waals surface area contributed by atoms with Gasteiger partial charge < -0.3 is 20.4 Å². The van der Waals surface area contributed by atoms with E-state index in [-0.39, 0.29) is 12.8 Å². The summed E-state index contributed by atoms with van der Waals surface area (Å²) in [5.41, 5.74) is 0. The van der Waals surface area contributed by atoms with E-state index in [1.165, 1.54) is 6.08 Å². The summed E-state index contributed by atoms with van der Waals surface area (Å²) in [6, 6.07) is 0. The molecule has 4 N–H and O–H groups in total. The maximum Gasteiger partial charge on any atom is 0.303 e. The van der Waals surface area contributed by atoms with E-state index in [1.807, 2.05) is 6.08 Å². The Balaban J connectivity index is 3.97. The van der Waals surface area contributed by atoms with Gasteiger partial charge in [-0.25, -0.2) is 0 Å². The average molecular weight is 352 g/mol. The lowest BCUT2D eigenvalue weighted by Gasteiger charge is -2.13. The smallest absolute Gasteiger partial charge is 0.303 e. The number of unbranched alkanes of at least 4 members (excludes halogenated alkanes) is 2. The summed E-state index contributed by atoms with van der Waals surface area (Å²) in [4.78, 5) is 10.4. The summed E-state index contributed by atoms with van der Waals surface area (Å²) in [5.74, 6) is -0.908. The number of hydrogen-bond acceptors (Lipinski definition) is 4. The molecule has 1 unspecified atom stereocenters. The number of hydrogen-bond donors (Lipinski definition) is 4. The summed E-state index contributed by atoms with van der Waals surface area (Å²) in [5, 5.41) is 37.6. The molecule has 5 heteroatoms. The van der Waals surface area contributed by atoms with Crippen LogP contribution in [0.5, 0.6) is 0 Å². The van der Waals surface area contributed by atoms with Crippen LogP contribution in [0.3, 0.4) is 0 Å². The predicted octanol–water partition coefficient (Wildman–Crippen LogP) is 3.13. The van der Waals surface area contributed by atoms with E-state index in [0.29, 0.717) is 6.42 Å². The third-order valence-corrected chi connectivity index (χ3v) is 3.59. The maximum atomic E-state index is 10.4. The molecule has 0 spiro atoms. The van der Waals surface area contributed by atoms with Gasteiger partial charge >= 0.3 is 5.97 Å². The Hall–Kier alpha value is -1.69. The van der Waals surface area contributed by atoms with Gasteiger partial charge in [0.25, 0.3) is 0 Å². The van der Waals surface area contributed by atoms with Crippen LogP contribution in [0, 0.1) is 0 Å². The Kier molecular flexibility index (Phi) is 14.7. The van der Waals surface area contributed by atoms with Crippen molar-refractivity contribution >= 4 is 5.97 Å². The molecule has 0 aromatic rings. The molecule has 142 valence electrons. The van der Waals surface area contributed by atoms with Crippen LogP contribution < -0.4 is 0 Å². The van der Waals surface area contributed by atoms with E-state index >= 15 is 0 Å². The highest BCUT2D eigenvalue weighted by Gasteiger charge is 2.12. The Morgan fingerprint density at radius 3 is 2.04 bits per heavy atom. The van der Waals surface area contributed by atoms with Crippen molar-refractivity contribution in [3.63, 3.8) is 0 Å². The van der Waals surface area contributed by atoms with E-state index in [4.69, 9.17) is 5.11 Å². The number of rotatable bonds is 14. The molecule has 0 aromatic carbocycles. The molecule has 0 heterocycles. The van der Waals surface area contributed by atoms with Crippen molar-refractivity contribution in [3.8, 4) is 0 Å².